The standard InChI is InChI=1S/C40H34BN4O2/c1-39(2,46)40(3,4)47-41-30-22-19-28(20-23-30)35-24-21-29(25-42-35)36-43-37(33-17-9-13-26-11-5-7-15-31(26)33)45-38(44-36)34-18-10-14-27-12-6-8-16-32(27)34/h5-25,46H,1-4H3. The Morgan fingerprint density at radius 3 is 1.60 bits per heavy atom. The SMILES string of the molecule is CC(C)(O)C(C)(C)O[B]c1ccc(-c2ccc(-c3nc(-c4cccc5ccccc45)nc(-c4cccc5ccccc45)n3)cn2)cc1. The lowest BCUT2D eigenvalue weighted by molar-refractivity contribution is -0.0893. The summed E-state index contributed by atoms with van der Waals surface area (Å²) in [4.78, 5) is 19.9. The van der Waals surface area contributed by atoms with Crippen molar-refractivity contribution in [2.24, 2.45) is 0 Å². The van der Waals surface area contributed by atoms with E-state index in [1.54, 1.807) is 21.3 Å². The highest BCUT2D eigenvalue weighted by atomic mass is 16.5. The number of hydrogen-bond donors (Lipinski definition) is 1. The number of aromatic nitrogens is 4. The summed E-state index contributed by atoms with van der Waals surface area (Å²) in [7, 11) is 1.68. The van der Waals surface area contributed by atoms with E-state index in [2.05, 4.69) is 48.5 Å². The summed E-state index contributed by atoms with van der Waals surface area (Å²) >= 11 is 0. The van der Waals surface area contributed by atoms with Crippen LogP contribution in [0.2, 0.25) is 0 Å². The van der Waals surface area contributed by atoms with Crippen molar-refractivity contribution < 1.29 is 9.76 Å². The molecule has 2 heterocycles. The zero-order valence-corrected chi connectivity index (χ0v) is 26.8. The van der Waals surface area contributed by atoms with Crippen LogP contribution in [0.4, 0.5) is 0 Å². The molecule has 1 radical (unpaired) electrons. The van der Waals surface area contributed by atoms with Crippen molar-refractivity contribution in [3.63, 3.8) is 0 Å². The van der Waals surface area contributed by atoms with E-state index in [-0.39, 0.29) is 0 Å². The Morgan fingerprint density at radius 1 is 0.553 bits per heavy atom. The molecule has 6 nitrogen and oxygen atoms in total. The third-order valence-corrected chi connectivity index (χ3v) is 8.89. The lowest BCUT2D eigenvalue weighted by atomic mass is 9.82. The highest BCUT2D eigenvalue weighted by molar-refractivity contribution is 6.47. The number of benzene rings is 5. The lowest BCUT2D eigenvalue weighted by Gasteiger charge is -2.37. The van der Waals surface area contributed by atoms with Crippen molar-refractivity contribution in [2.45, 2.75) is 38.9 Å². The van der Waals surface area contributed by atoms with Gasteiger partial charge in [0, 0.05) is 28.5 Å². The second-order valence-corrected chi connectivity index (χ2v) is 12.7. The maximum Gasteiger partial charge on any atom is 0.330 e. The van der Waals surface area contributed by atoms with Crippen LogP contribution in [0.25, 0.3) is 67.0 Å². The fourth-order valence-corrected chi connectivity index (χ4v) is 5.38. The summed E-state index contributed by atoms with van der Waals surface area (Å²) in [6, 6.07) is 40.9. The molecular weight excluding hydrogens is 579 g/mol. The molecule has 0 bridgehead atoms. The second kappa shape index (κ2) is 12.2. The van der Waals surface area contributed by atoms with Crippen molar-refractivity contribution in [3.8, 4) is 45.4 Å². The van der Waals surface area contributed by atoms with Gasteiger partial charge in [0.15, 0.2) is 17.5 Å². The van der Waals surface area contributed by atoms with Gasteiger partial charge >= 0.3 is 7.48 Å². The van der Waals surface area contributed by atoms with E-state index in [0.717, 1.165) is 55.0 Å². The van der Waals surface area contributed by atoms with E-state index in [0.29, 0.717) is 17.5 Å². The van der Waals surface area contributed by atoms with Crippen molar-refractivity contribution in [2.75, 3.05) is 0 Å². The average molecular weight is 614 g/mol. The van der Waals surface area contributed by atoms with Gasteiger partial charge in [0.25, 0.3) is 0 Å². The van der Waals surface area contributed by atoms with Crippen LogP contribution in [-0.4, -0.2) is 43.7 Å². The topological polar surface area (TPSA) is 81.0 Å². The molecule has 5 aromatic carbocycles. The monoisotopic (exact) mass is 613 g/mol. The number of fused-ring (bicyclic) bond motifs is 2. The lowest BCUT2D eigenvalue weighted by Crippen LogP contribution is -2.49. The largest absolute Gasteiger partial charge is 0.427 e. The molecule has 0 aliphatic heterocycles. The molecule has 0 aliphatic rings. The van der Waals surface area contributed by atoms with Crippen LogP contribution in [0.5, 0.6) is 0 Å². The van der Waals surface area contributed by atoms with Crippen molar-refractivity contribution in [1.82, 2.24) is 19.9 Å². The average Bonchev–Trinajstić information content (AvgIpc) is 3.10. The zero-order chi connectivity index (χ0) is 32.6. The number of hydrogen-bond acceptors (Lipinski definition) is 6. The molecule has 47 heavy (non-hydrogen) atoms. The van der Waals surface area contributed by atoms with Crippen molar-refractivity contribution >= 4 is 34.5 Å². The minimum absolute atomic E-state index is 0.557. The van der Waals surface area contributed by atoms with E-state index in [9.17, 15) is 5.11 Å². The van der Waals surface area contributed by atoms with Crippen LogP contribution in [0.3, 0.4) is 0 Å². The van der Waals surface area contributed by atoms with Gasteiger partial charge in [-0.2, -0.15) is 0 Å². The van der Waals surface area contributed by atoms with Gasteiger partial charge < -0.3 is 9.76 Å². The van der Waals surface area contributed by atoms with Crippen LogP contribution in [-0.2, 0) is 4.65 Å². The number of nitrogens with zero attached hydrogens (tertiary/aromatic N) is 4. The molecule has 0 aliphatic carbocycles. The summed E-state index contributed by atoms with van der Waals surface area (Å²) in [5.41, 5.74) is 3.67. The molecule has 0 atom stereocenters. The summed E-state index contributed by atoms with van der Waals surface area (Å²) in [5, 5.41) is 14.8. The number of aliphatic hydroxyl groups is 1. The molecule has 2 aromatic heterocycles. The molecule has 0 saturated carbocycles. The van der Waals surface area contributed by atoms with Crippen LogP contribution in [0, 0.1) is 0 Å². The minimum Gasteiger partial charge on any atom is -0.427 e. The molecule has 0 saturated heterocycles. The molecule has 7 aromatic rings. The quantitative estimate of drug-likeness (QED) is 0.175. The Hall–Kier alpha value is -5.24. The van der Waals surface area contributed by atoms with Gasteiger partial charge in [0.2, 0.25) is 0 Å². The highest BCUT2D eigenvalue weighted by Gasteiger charge is 2.35. The normalized spacial score (nSPS) is 12.0. The van der Waals surface area contributed by atoms with Crippen molar-refractivity contribution in [1.29, 1.82) is 0 Å². The van der Waals surface area contributed by atoms with Gasteiger partial charge in [-0.25, -0.2) is 15.0 Å². The molecule has 7 rings (SSSR count). The first-order valence-electron chi connectivity index (χ1n) is 15.7. The summed E-state index contributed by atoms with van der Waals surface area (Å²) in [6.45, 7) is 7.22. The summed E-state index contributed by atoms with van der Waals surface area (Å²) in [6.07, 6.45) is 1.82. The van der Waals surface area contributed by atoms with E-state index in [1.165, 1.54) is 0 Å². The maximum absolute atomic E-state index is 10.4. The Labute approximate surface area is 275 Å². The first kappa shape index (κ1) is 30.4. The van der Waals surface area contributed by atoms with Crippen LogP contribution in [0.1, 0.15) is 27.7 Å². The van der Waals surface area contributed by atoms with Gasteiger partial charge in [-0.3, -0.25) is 4.98 Å². The second-order valence-electron chi connectivity index (χ2n) is 12.7. The predicted octanol–water partition coefficient (Wildman–Crippen LogP) is 8.05. The third kappa shape index (κ3) is 6.15. The van der Waals surface area contributed by atoms with Crippen molar-refractivity contribution in [3.05, 3.63) is 128 Å². The summed E-state index contributed by atoms with van der Waals surface area (Å²) in [5.74, 6) is 1.78. The van der Waals surface area contributed by atoms with Crippen LogP contribution in [0.15, 0.2) is 128 Å². The molecular formula is C40H34BN4O2. The van der Waals surface area contributed by atoms with E-state index in [4.69, 9.17) is 24.6 Å². The first-order valence-corrected chi connectivity index (χ1v) is 15.7. The Morgan fingerprint density at radius 2 is 1.06 bits per heavy atom. The van der Waals surface area contributed by atoms with Gasteiger partial charge in [-0.15, -0.1) is 0 Å². The van der Waals surface area contributed by atoms with E-state index >= 15 is 0 Å². The Bertz CT molecular complexity index is 2100. The van der Waals surface area contributed by atoms with Gasteiger partial charge in [0.1, 0.15) is 0 Å². The fraction of sp³-hybridized carbons (Fsp3) is 0.150. The number of rotatable bonds is 8. The van der Waals surface area contributed by atoms with E-state index < -0.39 is 11.2 Å². The van der Waals surface area contributed by atoms with Crippen LogP contribution < -0.4 is 5.46 Å². The predicted molar refractivity (Wildman–Crippen MR) is 191 cm³/mol. The molecule has 1 N–H and O–H groups in total. The molecule has 0 amide bonds. The Balaban J connectivity index is 1.25. The molecule has 0 fully saturated rings. The van der Waals surface area contributed by atoms with Gasteiger partial charge in [0.05, 0.1) is 16.9 Å². The molecule has 7 heteroatoms. The zero-order valence-electron chi connectivity index (χ0n) is 26.8. The highest BCUT2D eigenvalue weighted by Crippen LogP contribution is 2.32. The molecule has 0 spiro atoms. The Kier molecular flexibility index (Phi) is 7.88. The minimum atomic E-state index is -0.987. The van der Waals surface area contributed by atoms with Crippen LogP contribution >= 0.6 is 0 Å². The van der Waals surface area contributed by atoms with Gasteiger partial charge in [-0.1, -0.05) is 115 Å². The van der Waals surface area contributed by atoms with Gasteiger partial charge in [-0.05, 0) is 61.4 Å². The first-order chi connectivity index (χ1) is 22.7. The fourth-order valence-electron chi connectivity index (χ4n) is 5.38. The molecule has 229 valence electrons. The van der Waals surface area contributed by atoms with E-state index in [1.807, 2.05) is 92.8 Å². The number of pyridine rings is 1. The third-order valence-electron chi connectivity index (χ3n) is 8.89. The maximum atomic E-state index is 10.4. The molecule has 0 unspecified atom stereocenters. The smallest absolute Gasteiger partial charge is 0.330 e. The summed E-state index contributed by atoms with van der Waals surface area (Å²) < 4.78 is 5.91.